The van der Waals surface area contributed by atoms with Crippen LogP contribution in [-0.2, 0) is 0 Å². The van der Waals surface area contributed by atoms with Crippen molar-refractivity contribution in [1.29, 1.82) is 0 Å². The van der Waals surface area contributed by atoms with Gasteiger partial charge in [-0.05, 0) is 43.9 Å². The van der Waals surface area contributed by atoms with Gasteiger partial charge in [0, 0.05) is 0 Å². The summed E-state index contributed by atoms with van der Waals surface area (Å²) in [5, 5.41) is 0. The molecule has 124 valence electrons. The van der Waals surface area contributed by atoms with Crippen LogP contribution < -0.4 is 0 Å². The van der Waals surface area contributed by atoms with Crippen LogP contribution in [0.15, 0.2) is 12.2 Å². The minimum atomic E-state index is -4.03. The Bertz CT molecular complexity index is 306. The molecule has 1 aliphatic rings. The van der Waals surface area contributed by atoms with Crippen LogP contribution in [0.3, 0.4) is 0 Å². The molecule has 0 N–H and O–H groups in total. The molecule has 0 bridgehead atoms. The van der Waals surface area contributed by atoms with Crippen LogP contribution in [0.2, 0.25) is 0 Å². The first-order chi connectivity index (χ1) is 9.84. The monoisotopic (exact) mass is 304 g/mol. The molecule has 3 atom stereocenters. The van der Waals surface area contributed by atoms with Crippen LogP contribution in [0.25, 0.3) is 0 Å². The normalized spacial score (nSPS) is 24.8. The van der Waals surface area contributed by atoms with E-state index in [4.69, 9.17) is 0 Å². The summed E-state index contributed by atoms with van der Waals surface area (Å²) in [5.41, 5.74) is 1.03. The lowest BCUT2D eigenvalue weighted by molar-refractivity contribution is -0.196. The molecule has 0 aliphatic heterocycles. The second-order valence-electron chi connectivity index (χ2n) is 6.93. The highest BCUT2D eigenvalue weighted by molar-refractivity contribution is 4.98. The topological polar surface area (TPSA) is 0 Å². The van der Waals surface area contributed by atoms with Gasteiger partial charge in [-0.2, -0.15) is 13.2 Å². The number of allylic oxidation sites excluding steroid dienone is 1. The van der Waals surface area contributed by atoms with Crippen molar-refractivity contribution in [3.05, 3.63) is 12.2 Å². The van der Waals surface area contributed by atoms with Gasteiger partial charge in [-0.3, -0.25) is 0 Å². The van der Waals surface area contributed by atoms with Crippen molar-refractivity contribution in [2.24, 2.45) is 17.8 Å². The van der Waals surface area contributed by atoms with Crippen LogP contribution in [-0.4, -0.2) is 6.18 Å². The van der Waals surface area contributed by atoms with Crippen LogP contribution in [0.4, 0.5) is 13.2 Å². The van der Waals surface area contributed by atoms with Gasteiger partial charge in [0.25, 0.3) is 0 Å². The third-order valence-electron chi connectivity index (χ3n) is 4.92. The Morgan fingerprint density at radius 3 is 2.48 bits per heavy atom. The molecule has 1 aliphatic carbocycles. The molecule has 21 heavy (non-hydrogen) atoms. The zero-order valence-corrected chi connectivity index (χ0v) is 13.6. The van der Waals surface area contributed by atoms with E-state index < -0.39 is 12.1 Å². The lowest BCUT2D eigenvalue weighted by atomic mass is 9.75. The number of rotatable bonds is 8. The third-order valence-corrected chi connectivity index (χ3v) is 4.92. The molecule has 0 spiro atoms. The van der Waals surface area contributed by atoms with Crippen LogP contribution in [0.5, 0.6) is 0 Å². The fraction of sp³-hybridized carbons (Fsp3) is 0.889. The largest absolute Gasteiger partial charge is 0.392 e. The summed E-state index contributed by atoms with van der Waals surface area (Å²) in [5.74, 6) is -0.663. The van der Waals surface area contributed by atoms with E-state index in [1.807, 2.05) is 0 Å². The zero-order valence-electron chi connectivity index (χ0n) is 13.6. The number of halogens is 3. The molecule has 1 saturated carbocycles. The maximum Gasteiger partial charge on any atom is 0.392 e. The lowest BCUT2D eigenvalue weighted by Gasteiger charge is -2.33. The van der Waals surface area contributed by atoms with Crippen molar-refractivity contribution in [3.8, 4) is 0 Å². The second kappa shape index (κ2) is 8.85. The van der Waals surface area contributed by atoms with E-state index in [1.165, 1.54) is 19.3 Å². The number of hydrogen-bond acceptors (Lipinski definition) is 0. The summed E-state index contributed by atoms with van der Waals surface area (Å²) in [4.78, 5) is 0. The molecule has 0 radical (unpaired) electrons. The predicted molar refractivity (Wildman–Crippen MR) is 83.2 cm³/mol. The zero-order chi connectivity index (χ0) is 15.9. The third kappa shape index (κ3) is 6.88. The highest BCUT2D eigenvalue weighted by Gasteiger charge is 2.45. The molecule has 0 aromatic heterocycles. The second-order valence-corrected chi connectivity index (χ2v) is 6.93. The Hall–Kier alpha value is -0.470. The fourth-order valence-corrected chi connectivity index (χ4v) is 3.50. The molecule has 0 heterocycles. The molecular formula is C18H31F3. The summed E-state index contributed by atoms with van der Waals surface area (Å²) in [7, 11) is 0. The Kier molecular flexibility index (Phi) is 7.83. The minimum absolute atomic E-state index is 0.225. The van der Waals surface area contributed by atoms with E-state index in [-0.39, 0.29) is 5.92 Å². The van der Waals surface area contributed by atoms with Gasteiger partial charge >= 0.3 is 6.18 Å². The van der Waals surface area contributed by atoms with E-state index in [9.17, 15) is 13.2 Å². The van der Waals surface area contributed by atoms with E-state index in [0.717, 1.165) is 31.3 Å². The predicted octanol–water partition coefficient (Wildman–Crippen LogP) is 6.91. The van der Waals surface area contributed by atoms with Crippen LogP contribution >= 0.6 is 0 Å². The lowest BCUT2D eigenvalue weighted by Crippen LogP contribution is -2.33. The molecule has 0 nitrogen and oxygen atoms in total. The molecule has 0 amide bonds. The maximum absolute atomic E-state index is 13.1. The highest BCUT2D eigenvalue weighted by atomic mass is 19.4. The van der Waals surface area contributed by atoms with Crippen molar-refractivity contribution in [2.45, 2.75) is 84.2 Å². The average Bonchev–Trinajstić information content (AvgIpc) is 2.42. The van der Waals surface area contributed by atoms with Crippen LogP contribution in [0, 0.1) is 17.8 Å². The van der Waals surface area contributed by atoms with Crippen molar-refractivity contribution in [3.63, 3.8) is 0 Å². The Labute approximate surface area is 128 Å². The summed E-state index contributed by atoms with van der Waals surface area (Å²) < 4.78 is 39.2. The van der Waals surface area contributed by atoms with Crippen molar-refractivity contribution < 1.29 is 13.2 Å². The molecule has 1 rings (SSSR count). The van der Waals surface area contributed by atoms with E-state index in [1.54, 1.807) is 0 Å². The number of unbranched alkanes of at least 4 members (excludes halogenated alkanes) is 1. The Morgan fingerprint density at radius 2 is 1.86 bits per heavy atom. The first kappa shape index (κ1) is 18.6. The van der Waals surface area contributed by atoms with Crippen molar-refractivity contribution in [2.75, 3.05) is 0 Å². The Balaban J connectivity index is 2.38. The summed E-state index contributed by atoms with van der Waals surface area (Å²) in [6, 6.07) is 0. The fourth-order valence-electron chi connectivity index (χ4n) is 3.50. The van der Waals surface area contributed by atoms with E-state index in [0.29, 0.717) is 25.2 Å². The maximum atomic E-state index is 13.1. The quantitative estimate of drug-likeness (QED) is 0.427. The summed E-state index contributed by atoms with van der Waals surface area (Å²) >= 11 is 0. The van der Waals surface area contributed by atoms with Crippen LogP contribution in [0.1, 0.15) is 78.1 Å². The smallest absolute Gasteiger partial charge is 0.171 e. The van der Waals surface area contributed by atoms with E-state index >= 15 is 0 Å². The SMILES string of the molecule is C=C(CCC(C)CCCC)CC1CCCCC1C(F)(F)F. The first-order valence-electron chi connectivity index (χ1n) is 8.58. The average molecular weight is 304 g/mol. The number of hydrogen-bond donors (Lipinski definition) is 0. The minimum Gasteiger partial charge on any atom is -0.171 e. The van der Waals surface area contributed by atoms with Crippen molar-refractivity contribution in [1.82, 2.24) is 0 Å². The van der Waals surface area contributed by atoms with Gasteiger partial charge in [0.2, 0.25) is 0 Å². The summed E-state index contributed by atoms with van der Waals surface area (Å²) in [6.07, 6.45) is 4.88. The van der Waals surface area contributed by atoms with E-state index in [2.05, 4.69) is 20.4 Å². The molecule has 1 fully saturated rings. The molecule has 0 aromatic rings. The molecular weight excluding hydrogens is 273 g/mol. The van der Waals surface area contributed by atoms with Gasteiger partial charge in [-0.25, -0.2) is 0 Å². The van der Waals surface area contributed by atoms with Gasteiger partial charge in [-0.15, -0.1) is 0 Å². The Morgan fingerprint density at radius 1 is 1.19 bits per heavy atom. The first-order valence-corrected chi connectivity index (χ1v) is 8.58. The summed E-state index contributed by atoms with van der Waals surface area (Å²) in [6.45, 7) is 8.47. The van der Waals surface area contributed by atoms with Gasteiger partial charge in [0.1, 0.15) is 0 Å². The van der Waals surface area contributed by atoms with Crippen molar-refractivity contribution >= 4 is 0 Å². The number of alkyl halides is 3. The molecule has 3 unspecified atom stereocenters. The van der Waals surface area contributed by atoms with Gasteiger partial charge < -0.3 is 0 Å². The van der Waals surface area contributed by atoms with Gasteiger partial charge in [-0.1, -0.05) is 58.1 Å². The highest BCUT2D eigenvalue weighted by Crippen LogP contribution is 2.44. The standard InChI is InChI=1S/C18H31F3/c1-4-5-8-14(2)11-12-15(3)13-16-9-6-7-10-17(16)18(19,20)21/h14,16-17H,3-13H2,1-2H3. The van der Waals surface area contributed by atoms with Gasteiger partial charge in [0.05, 0.1) is 5.92 Å². The molecule has 3 heteroatoms. The molecule has 0 aromatic carbocycles. The molecule has 0 saturated heterocycles. The van der Waals surface area contributed by atoms with Gasteiger partial charge in [0.15, 0.2) is 0 Å².